The van der Waals surface area contributed by atoms with Gasteiger partial charge in [0.2, 0.25) is 0 Å². The molecule has 0 bridgehead atoms. The van der Waals surface area contributed by atoms with Crippen LogP contribution in [-0.2, 0) is 14.4 Å². The molecule has 0 N–H and O–H groups in total. The van der Waals surface area contributed by atoms with E-state index >= 15 is 0 Å². The minimum atomic E-state index is -3.63. The van der Waals surface area contributed by atoms with Crippen LogP contribution in [0, 0.1) is 6.92 Å². The minimum absolute atomic E-state index is 0.0156. The first-order chi connectivity index (χ1) is 11.5. The van der Waals surface area contributed by atoms with Gasteiger partial charge in [-0.05, 0) is 41.5 Å². The molecule has 2 aliphatic rings. The lowest BCUT2D eigenvalue weighted by atomic mass is 9.93. The fraction of sp³-hybridized carbons (Fsp3) is 0.294. The molecule has 3 rings (SSSR count). The highest BCUT2D eigenvalue weighted by Crippen LogP contribution is 2.37. The number of oxime groups is 1. The molecule has 24 heavy (non-hydrogen) atoms. The van der Waals surface area contributed by atoms with Crippen molar-refractivity contribution in [2.24, 2.45) is 10.1 Å². The number of nitrogens with zero attached hydrogens (tertiary/aromatic N) is 2. The van der Waals surface area contributed by atoms with Crippen LogP contribution in [0.1, 0.15) is 24.5 Å². The first-order valence-corrected chi connectivity index (χ1v) is 10.1. The van der Waals surface area contributed by atoms with Gasteiger partial charge in [-0.25, -0.2) is 0 Å². The predicted octanol–water partition coefficient (Wildman–Crippen LogP) is 3.53. The number of aryl methyl sites for hydroxylation is 1. The van der Waals surface area contributed by atoms with E-state index in [0.717, 1.165) is 22.3 Å². The summed E-state index contributed by atoms with van der Waals surface area (Å²) in [7, 11) is -3.63. The van der Waals surface area contributed by atoms with Gasteiger partial charge >= 0.3 is 10.1 Å². The zero-order chi connectivity index (χ0) is 17.2. The van der Waals surface area contributed by atoms with Gasteiger partial charge in [-0.3, -0.25) is 9.28 Å². The Hall–Kier alpha value is -1.86. The van der Waals surface area contributed by atoms with Gasteiger partial charge in [-0.2, -0.15) is 8.42 Å². The molecule has 0 fully saturated rings. The molecule has 126 valence electrons. The maximum atomic E-state index is 11.7. The number of thioether (sulfide) groups is 1. The Balaban J connectivity index is 1.99. The molecule has 0 saturated heterocycles. The molecular weight excluding hydrogens is 344 g/mol. The Morgan fingerprint density at radius 3 is 2.79 bits per heavy atom. The summed E-state index contributed by atoms with van der Waals surface area (Å²) < 4.78 is 28.3. The largest absolute Gasteiger partial charge is 0.328 e. The average Bonchev–Trinajstić information content (AvgIpc) is 3.26. The summed E-state index contributed by atoms with van der Waals surface area (Å²) in [6, 6.07) is 8.08. The van der Waals surface area contributed by atoms with E-state index in [0.29, 0.717) is 11.5 Å². The molecule has 2 aliphatic heterocycles. The van der Waals surface area contributed by atoms with E-state index in [1.54, 1.807) is 6.92 Å². The van der Waals surface area contributed by atoms with E-state index < -0.39 is 10.1 Å². The number of aliphatic imine (C=N–C) groups is 1. The molecule has 5 nitrogen and oxygen atoms in total. The second kappa shape index (κ2) is 6.94. The van der Waals surface area contributed by atoms with Gasteiger partial charge in [-0.15, -0.1) is 0 Å². The van der Waals surface area contributed by atoms with Crippen LogP contribution >= 0.6 is 11.8 Å². The maximum absolute atomic E-state index is 11.7. The van der Waals surface area contributed by atoms with Crippen molar-refractivity contribution in [1.29, 1.82) is 0 Å². The van der Waals surface area contributed by atoms with Crippen molar-refractivity contribution in [2.75, 3.05) is 5.75 Å². The second-order valence-electron chi connectivity index (χ2n) is 5.54. The van der Waals surface area contributed by atoms with Crippen molar-refractivity contribution >= 4 is 38.7 Å². The Bertz CT molecular complexity index is 862. The summed E-state index contributed by atoms with van der Waals surface area (Å²) in [4.78, 5) is 4.30. The second-order valence-corrected chi connectivity index (χ2v) is 8.11. The van der Waals surface area contributed by atoms with Gasteiger partial charge in [0.05, 0.1) is 5.75 Å². The highest BCUT2D eigenvalue weighted by atomic mass is 32.2. The summed E-state index contributed by atoms with van der Waals surface area (Å²) in [6.07, 6.45) is 4.30. The van der Waals surface area contributed by atoms with Crippen molar-refractivity contribution in [1.82, 2.24) is 0 Å². The van der Waals surface area contributed by atoms with E-state index in [1.807, 2.05) is 48.9 Å². The van der Waals surface area contributed by atoms with Gasteiger partial charge < -0.3 is 0 Å². The van der Waals surface area contributed by atoms with Crippen molar-refractivity contribution < 1.29 is 12.7 Å². The molecule has 0 radical (unpaired) electrons. The number of rotatable bonds is 6. The smallest absolute Gasteiger partial charge is 0.281 e. The van der Waals surface area contributed by atoms with Crippen LogP contribution in [0.3, 0.4) is 0 Å². The summed E-state index contributed by atoms with van der Waals surface area (Å²) in [5.41, 5.74) is 4.12. The van der Waals surface area contributed by atoms with Crippen LogP contribution in [0.2, 0.25) is 0 Å². The first kappa shape index (κ1) is 17.0. The van der Waals surface area contributed by atoms with Gasteiger partial charge in [-0.1, -0.05) is 48.1 Å². The first-order valence-electron chi connectivity index (χ1n) is 7.68. The zero-order valence-corrected chi connectivity index (χ0v) is 15.1. The Labute approximate surface area is 146 Å². The van der Waals surface area contributed by atoms with Gasteiger partial charge in [0.25, 0.3) is 0 Å². The molecule has 1 atom stereocenters. The lowest BCUT2D eigenvalue weighted by molar-refractivity contribution is 0.340. The average molecular weight is 362 g/mol. The monoisotopic (exact) mass is 362 g/mol. The highest BCUT2D eigenvalue weighted by molar-refractivity contribution is 8.17. The molecule has 0 aliphatic carbocycles. The number of hydrogen-bond acceptors (Lipinski definition) is 6. The SMILES string of the molecule is CCCS(=O)(=O)O/N=C1\SC=C\C1=C(/c1ccccc1C)C1C=N1. The zero-order valence-electron chi connectivity index (χ0n) is 13.5. The molecule has 0 saturated carbocycles. The Morgan fingerprint density at radius 2 is 2.12 bits per heavy atom. The fourth-order valence-corrected chi connectivity index (χ4v) is 4.01. The molecule has 0 amide bonds. The fourth-order valence-electron chi connectivity index (χ4n) is 2.49. The van der Waals surface area contributed by atoms with Crippen LogP contribution in [0.25, 0.3) is 5.57 Å². The number of benzene rings is 1. The van der Waals surface area contributed by atoms with Crippen molar-refractivity contribution in [3.05, 3.63) is 52.4 Å². The Kier molecular flexibility index (Phi) is 4.91. The van der Waals surface area contributed by atoms with Gasteiger partial charge in [0.1, 0.15) is 11.1 Å². The van der Waals surface area contributed by atoms with Crippen molar-refractivity contribution in [2.45, 2.75) is 26.3 Å². The summed E-state index contributed by atoms with van der Waals surface area (Å²) in [5.74, 6) is -0.0443. The van der Waals surface area contributed by atoms with E-state index in [9.17, 15) is 8.42 Å². The van der Waals surface area contributed by atoms with Crippen LogP contribution in [0.4, 0.5) is 0 Å². The number of allylic oxidation sites excluding steroid dienone is 1. The maximum Gasteiger partial charge on any atom is 0.328 e. The quantitative estimate of drug-likeness (QED) is 0.726. The molecule has 1 unspecified atom stereocenters. The summed E-state index contributed by atoms with van der Waals surface area (Å²) >= 11 is 1.35. The lowest BCUT2D eigenvalue weighted by Crippen LogP contribution is -2.09. The third-order valence-corrected chi connectivity index (χ3v) is 5.65. The normalized spacial score (nSPS) is 22.9. The lowest BCUT2D eigenvalue weighted by Gasteiger charge is -2.12. The van der Waals surface area contributed by atoms with E-state index in [4.69, 9.17) is 4.28 Å². The predicted molar refractivity (Wildman–Crippen MR) is 99.7 cm³/mol. The minimum Gasteiger partial charge on any atom is -0.281 e. The van der Waals surface area contributed by atoms with Crippen molar-refractivity contribution in [3.63, 3.8) is 0 Å². The molecular formula is C17H18N2O3S2. The molecule has 1 aromatic rings. The van der Waals surface area contributed by atoms with E-state index in [2.05, 4.69) is 10.1 Å². The van der Waals surface area contributed by atoms with Crippen LogP contribution in [0.15, 0.2) is 51.5 Å². The van der Waals surface area contributed by atoms with E-state index in [1.165, 1.54) is 11.8 Å². The summed E-state index contributed by atoms with van der Waals surface area (Å²) in [6.45, 7) is 3.83. The molecule has 0 aromatic heterocycles. The molecule has 7 heteroatoms. The standard InChI is InChI=1S/C17H18N2O3S2/c1-3-10-24(20,21)22-19-17-14(8-9-23-17)16(15-11-18-15)13-7-5-4-6-12(13)2/h4-9,11,15H,3,10H2,1-2H3/b16-14-,19-17-. The molecule has 0 spiro atoms. The third kappa shape index (κ3) is 3.79. The Morgan fingerprint density at radius 1 is 1.38 bits per heavy atom. The molecule has 1 aromatic carbocycles. The van der Waals surface area contributed by atoms with Gasteiger partial charge in [0, 0.05) is 11.8 Å². The topological polar surface area (TPSA) is 68.1 Å². The summed E-state index contributed by atoms with van der Waals surface area (Å²) in [5, 5.41) is 6.32. The third-order valence-electron chi connectivity index (χ3n) is 3.65. The van der Waals surface area contributed by atoms with Crippen LogP contribution < -0.4 is 0 Å². The van der Waals surface area contributed by atoms with Crippen molar-refractivity contribution in [3.8, 4) is 0 Å². The van der Waals surface area contributed by atoms with Crippen LogP contribution in [-0.4, -0.2) is 31.5 Å². The van der Waals surface area contributed by atoms with Gasteiger partial charge in [0.15, 0.2) is 0 Å². The van der Waals surface area contributed by atoms with Crippen LogP contribution in [0.5, 0.6) is 0 Å². The molecule has 2 heterocycles. The highest BCUT2D eigenvalue weighted by Gasteiger charge is 2.28. The van der Waals surface area contributed by atoms with E-state index in [-0.39, 0.29) is 11.8 Å². The number of hydrogen-bond donors (Lipinski definition) is 0.